The average Bonchev–Trinajstić information content (AvgIpc) is 2.60. The Balaban J connectivity index is 2.32. The topological polar surface area (TPSA) is 9.23 Å². The van der Waals surface area contributed by atoms with Crippen molar-refractivity contribution in [2.75, 3.05) is 0 Å². The van der Waals surface area contributed by atoms with Gasteiger partial charge in [0, 0.05) is 0 Å². The molecule has 1 nitrogen and oxygen atoms in total. The van der Waals surface area contributed by atoms with Gasteiger partial charge in [-0.1, -0.05) is 78.5 Å². The first kappa shape index (κ1) is 15.9. The van der Waals surface area contributed by atoms with Crippen molar-refractivity contribution in [1.82, 2.24) is 0 Å². The largest absolute Gasteiger partial charge is 0.446 e. The van der Waals surface area contributed by atoms with E-state index in [0.717, 1.165) is 0 Å². The van der Waals surface area contributed by atoms with Gasteiger partial charge in [-0.3, -0.25) is 0 Å². The second-order valence-electron chi connectivity index (χ2n) is 5.84. The van der Waals surface area contributed by atoms with E-state index < -0.39 is 17.4 Å². The molecule has 0 spiro atoms. The van der Waals surface area contributed by atoms with Gasteiger partial charge in [0.05, 0.1) is 0 Å². The molecular formula is C20H21OSi2. The van der Waals surface area contributed by atoms with Crippen LogP contribution in [0.25, 0.3) is 10.8 Å². The summed E-state index contributed by atoms with van der Waals surface area (Å²) in [5.41, 5.74) is 2.09. The second kappa shape index (κ2) is 6.66. The number of rotatable bonds is 5. The Morgan fingerprint density at radius 2 is 1.52 bits per heavy atom. The van der Waals surface area contributed by atoms with Crippen molar-refractivity contribution in [3.05, 3.63) is 85.1 Å². The Hall–Kier alpha value is -1.95. The molecule has 0 bridgehead atoms. The van der Waals surface area contributed by atoms with Crippen molar-refractivity contribution in [1.29, 1.82) is 0 Å². The van der Waals surface area contributed by atoms with Crippen LogP contribution in [-0.4, -0.2) is 17.4 Å². The Morgan fingerprint density at radius 3 is 2.22 bits per heavy atom. The number of fused-ring (bicyclic) bond motifs is 1. The van der Waals surface area contributed by atoms with Gasteiger partial charge in [0.15, 0.2) is 9.04 Å². The molecule has 0 aliphatic carbocycles. The molecule has 3 aromatic carbocycles. The van der Waals surface area contributed by atoms with E-state index in [2.05, 4.69) is 98.2 Å². The minimum absolute atomic E-state index is 0.874. The molecule has 0 aromatic heterocycles. The van der Waals surface area contributed by atoms with Crippen LogP contribution < -0.4 is 10.4 Å². The summed E-state index contributed by atoms with van der Waals surface area (Å²) >= 11 is 0. The SMILES string of the molecule is C=C[Si@](O[Si](C)C)(c1ccccc1)c1cccc2ccccc12. The summed E-state index contributed by atoms with van der Waals surface area (Å²) in [6.45, 7) is 8.60. The van der Waals surface area contributed by atoms with Crippen molar-refractivity contribution in [3.63, 3.8) is 0 Å². The predicted molar refractivity (Wildman–Crippen MR) is 104 cm³/mol. The molecule has 3 rings (SSSR count). The lowest BCUT2D eigenvalue weighted by Crippen LogP contribution is -2.61. The van der Waals surface area contributed by atoms with E-state index in [-0.39, 0.29) is 0 Å². The van der Waals surface area contributed by atoms with Crippen molar-refractivity contribution in [3.8, 4) is 0 Å². The Labute approximate surface area is 141 Å². The molecule has 23 heavy (non-hydrogen) atoms. The summed E-state index contributed by atoms with van der Waals surface area (Å²) in [5.74, 6) is 0. The third-order valence-electron chi connectivity index (χ3n) is 4.04. The molecule has 0 saturated carbocycles. The van der Waals surface area contributed by atoms with E-state index in [4.69, 9.17) is 4.12 Å². The minimum Gasteiger partial charge on any atom is -0.446 e. The van der Waals surface area contributed by atoms with Crippen LogP contribution in [0.15, 0.2) is 85.1 Å². The van der Waals surface area contributed by atoms with E-state index in [1.165, 1.54) is 21.1 Å². The summed E-state index contributed by atoms with van der Waals surface area (Å²) < 4.78 is 6.69. The summed E-state index contributed by atoms with van der Waals surface area (Å²) in [4.78, 5) is 0. The van der Waals surface area contributed by atoms with Gasteiger partial charge in [0.1, 0.15) is 0 Å². The minimum atomic E-state index is -2.44. The molecule has 0 N–H and O–H groups in total. The van der Waals surface area contributed by atoms with Crippen molar-refractivity contribution >= 4 is 38.5 Å². The van der Waals surface area contributed by atoms with Crippen LogP contribution in [-0.2, 0) is 4.12 Å². The van der Waals surface area contributed by atoms with Gasteiger partial charge < -0.3 is 4.12 Å². The van der Waals surface area contributed by atoms with Gasteiger partial charge in [-0.25, -0.2) is 0 Å². The molecule has 1 radical (unpaired) electrons. The molecule has 0 saturated heterocycles. The molecule has 3 heteroatoms. The zero-order chi connectivity index (χ0) is 16.3. The first-order valence-electron chi connectivity index (χ1n) is 7.84. The normalized spacial score (nSPS) is 13.9. The lowest BCUT2D eigenvalue weighted by molar-refractivity contribution is 0.604. The standard InChI is InChI=1S/C20H21OSi2/c1-4-23(21-22(2)3,18-13-6-5-7-14-18)20-16-10-12-17-11-8-9-15-19(17)20/h4-16H,1H2,2-3H3/t23-/m0/s1. The Morgan fingerprint density at radius 1 is 0.870 bits per heavy atom. The van der Waals surface area contributed by atoms with Gasteiger partial charge in [0.2, 0.25) is 0 Å². The maximum Gasteiger partial charge on any atom is 0.270 e. The van der Waals surface area contributed by atoms with Crippen LogP contribution in [0, 0.1) is 0 Å². The molecule has 0 heterocycles. The molecule has 0 amide bonds. The number of hydrogen-bond acceptors (Lipinski definition) is 1. The number of benzene rings is 3. The third kappa shape index (κ3) is 2.95. The van der Waals surface area contributed by atoms with Crippen LogP contribution in [0.1, 0.15) is 0 Å². The maximum absolute atomic E-state index is 6.69. The Kier molecular flexibility index (Phi) is 4.62. The first-order valence-corrected chi connectivity index (χ1v) is 12.2. The highest BCUT2D eigenvalue weighted by molar-refractivity contribution is 7.05. The van der Waals surface area contributed by atoms with Crippen molar-refractivity contribution in [2.45, 2.75) is 13.1 Å². The van der Waals surface area contributed by atoms with E-state index in [1.807, 2.05) is 0 Å². The van der Waals surface area contributed by atoms with Crippen LogP contribution >= 0.6 is 0 Å². The van der Waals surface area contributed by atoms with Crippen LogP contribution in [0.5, 0.6) is 0 Å². The van der Waals surface area contributed by atoms with E-state index in [0.29, 0.717) is 0 Å². The van der Waals surface area contributed by atoms with Gasteiger partial charge in [-0.15, -0.1) is 6.58 Å². The molecule has 3 aromatic rings. The molecule has 0 fully saturated rings. The molecule has 0 aliphatic heterocycles. The molecular weight excluding hydrogens is 312 g/mol. The Bertz CT molecular complexity index is 809. The van der Waals surface area contributed by atoms with Crippen molar-refractivity contribution < 1.29 is 4.12 Å². The highest BCUT2D eigenvalue weighted by Gasteiger charge is 2.38. The zero-order valence-electron chi connectivity index (χ0n) is 13.6. The lowest BCUT2D eigenvalue weighted by atomic mass is 10.1. The lowest BCUT2D eigenvalue weighted by Gasteiger charge is -2.32. The fourth-order valence-electron chi connectivity index (χ4n) is 3.10. The molecule has 115 valence electrons. The molecule has 0 unspecified atom stereocenters. The second-order valence-corrected chi connectivity index (χ2v) is 11.5. The smallest absolute Gasteiger partial charge is 0.270 e. The summed E-state index contributed by atoms with van der Waals surface area (Å²) in [6, 6.07) is 25.6. The fraction of sp³-hybridized carbons (Fsp3) is 0.100. The van der Waals surface area contributed by atoms with Crippen LogP contribution in [0.4, 0.5) is 0 Å². The maximum atomic E-state index is 6.69. The van der Waals surface area contributed by atoms with Gasteiger partial charge >= 0.3 is 0 Å². The fourth-order valence-corrected chi connectivity index (χ4v) is 9.34. The summed E-state index contributed by atoms with van der Waals surface area (Å²) in [7, 11) is -3.31. The molecule has 1 atom stereocenters. The highest BCUT2D eigenvalue weighted by Crippen LogP contribution is 2.18. The van der Waals surface area contributed by atoms with Crippen LogP contribution in [0.3, 0.4) is 0 Å². The van der Waals surface area contributed by atoms with E-state index in [9.17, 15) is 0 Å². The predicted octanol–water partition coefficient (Wildman–Crippen LogP) is 3.89. The van der Waals surface area contributed by atoms with Gasteiger partial charge in [-0.2, -0.15) is 0 Å². The third-order valence-corrected chi connectivity index (χ3v) is 9.97. The van der Waals surface area contributed by atoms with Crippen molar-refractivity contribution in [2.24, 2.45) is 0 Å². The number of hydrogen-bond donors (Lipinski definition) is 0. The van der Waals surface area contributed by atoms with Gasteiger partial charge in [0.25, 0.3) is 8.32 Å². The zero-order valence-corrected chi connectivity index (χ0v) is 15.6. The average molecular weight is 334 g/mol. The summed E-state index contributed by atoms with van der Waals surface area (Å²) in [6.07, 6.45) is 0. The highest BCUT2D eigenvalue weighted by atomic mass is 28.4. The summed E-state index contributed by atoms with van der Waals surface area (Å²) in [5, 5.41) is 5.08. The molecule has 0 aliphatic rings. The quantitative estimate of drug-likeness (QED) is 0.644. The van der Waals surface area contributed by atoms with E-state index >= 15 is 0 Å². The monoisotopic (exact) mass is 333 g/mol. The van der Waals surface area contributed by atoms with E-state index in [1.54, 1.807) is 0 Å². The van der Waals surface area contributed by atoms with Gasteiger partial charge in [-0.05, 0) is 34.2 Å². The van der Waals surface area contributed by atoms with Crippen LogP contribution in [0.2, 0.25) is 13.1 Å². The first-order chi connectivity index (χ1) is 11.2.